The zero-order chi connectivity index (χ0) is 40.8. The van der Waals surface area contributed by atoms with Gasteiger partial charge in [-0.05, 0) is 82.6 Å². The number of carbonyl (C=O) groups excluding carboxylic acids is 4. The van der Waals surface area contributed by atoms with E-state index in [-0.39, 0.29) is 43.0 Å². The minimum Gasteiger partial charge on any atom is -0.456 e. The van der Waals surface area contributed by atoms with E-state index in [0.29, 0.717) is 44.1 Å². The van der Waals surface area contributed by atoms with Crippen LogP contribution < -0.4 is 0 Å². The molecule has 0 spiro atoms. The van der Waals surface area contributed by atoms with E-state index in [2.05, 4.69) is 0 Å². The van der Waals surface area contributed by atoms with Gasteiger partial charge in [0.2, 0.25) is 5.79 Å². The van der Waals surface area contributed by atoms with E-state index in [0.717, 1.165) is 10.5 Å². The third-order valence-electron chi connectivity index (χ3n) is 12.3. The number of aliphatic hydroxyl groups excluding tert-OH is 2. The van der Waals surface area contributed by atoms with Gasteiger partial charge in [0.1, 0.15) is 24.0 Å². The van der Waals surface area contributed by atoms with Gasteiger partial charge in [-0.2, -0.15) is 0 Å². The average Bonchev–Trinajstić information content (AvgIpc) is 3.65. The number of cyclic esters (lactones) is 1. The van der Waals surface area contributed by atoms with Crippen LogP contribution in [0.2, 0.25) is 0 Å². The Morgan fingerprint density at radius 3 is 2.24 bits per heavy atom. The van der Waals surface area contributed by atoms with Crippen molar-refractivity contribution in [2.75, 3.05) is 21.3 Å². The molecule has 0 aromatic rings. The fourth-order valence-corrected chi connectivity index (χ4v) is 8.90. The van der Waals surface area contributed by atoms with E-state index in [1.807, 2.05) is 32.9 Å². The quantitative estimate of drug-likeness (QED) is 0.199. The Bertz CT molecular complexity index is 1460. The Hall–Kier alpha value is -2.78. The van der Waals surface area contributed by atoms with Crippen LogP contribution in [0.25, 0.3) is 0 Å². The third-order valence-corrected chi connectivity index (χ3v) is 12.3. The van der Waals surface area contributed by atoms with Gasteiger partial charge in [0.05, 0.1) is 30.5 Å². The Kier molecular flexibility index (Phi) is 16.0. The number of ether oxygens (including phenoxy) is 5. The monoisotopic (exact) mass is 775 g/mol. The fraction of sp³-hybridized carbons (Fsp3) is 0.762. The lowest BCUT2D eigenvalue weighted by Gasteiger charge is -2.46. The summed E-state index contributed by atoms with van der Waals surface area (Å²) >= 11 is 0. The molecule has 2 fully saturated rings. The number of hydrogen-bond acceptors (Lipinski definition) is 12. The fourth-order valence-electron chi connectivity index (χ4n) is 8.90. The highest BCUT2D eigenvalue weighted by Gasteiger charge is 2.56. The van der Waals surface area contributed by atoms with E-state index >= 15 is 0 Å². The molecular formula is C42H65NO12. The first-order valence-corrected chi connectivity index (χ1v) is 20.0. The smallest absolute Gasteiger partial charge is 0.330 e. The lowest BCUT2D eigenvalue weighted by Crippen LogP contribution is -2.63. The molecule has 1 unspecified atom stereocenters. The molecule has 3 N–H and O–H groups in total. The summed E-state index contributed by atoms with van der Waals surface area (Å²) in [6.45, 7) is 11.1. The van der Waals surface area contributed by atoms with Gasteiger partial charge >= 0.3 is 11.9 Å². The van der Waals surface area contributed by atoms with E-state index in [1.165, 1.54) is 20.4 Å². The van der Waals surface area contributed by atoms with E-state index in [9.17, 15) is 34.5 Å². The number of aliphatic hydroxyl groups is 3. The van der Waals surface area contributed by atoms with E-state index < -0.39 is 83.9 Å². The van der Waals surface area contributed by atoms with Gasteiger partial charge in [-0.15, -0.1) is 0 Å². The van der Waals surface area contributed by atoms with Crippen LogP contribution in [0, 0.1) is 29.6 Å². The van der Waals surface area contributed by atoms with Gasteiger partial charge in [0.25, 0.3) is 5.78 Å². The molecule has 2 bridgehead atoms. The van der Waals surface area contributed by atoms with Crippen molar-refractivity contribution in [2.24, 2.45) is 29.6 Å². The van der Waals surface area contributed by atoms with Crippen molar-refractivity contribution in [3.8, 4) is 0 Å². The Balaban J connectivity index is 1.74. The van der Waals surface area contributed by atoms with Crippen LogP contribution in [-0.2, 0) is 42.9 Å². The molecule has 13 nitrogen and oxygen atoms in total. The largest absolute Gasteiger partial charge is 0.456 e. The molecule has 0 radical (unpaired) electrons. The van der Waals surface area contributed by atoms with Crippen LogP contribution in [-0.4, -0.2) is 120 Å². The first kappa shape index (κ1) is 44.9. The number of rotatable bonds is 6. The van der Waals surface area contributed by atoms with Gasteiger partial charge in [0, 0.05) is 51.7 Å². The first-order chi connectivity index (χ1) is 26.0. The number of allylic oxidation sites excluding steroid dienone is 3. The Morgan fingerprint density at radius 1 is 0.945 bits per heavy atom. The standard InChI is InChI=1S/C42H65NO12/c1-10-29-17-23(2)16-24(3)18-35(52-8)38-36(53-9)20-26(5)42(50,55-38)39(47)40(48)43-15-11-12-30(43)41(49)54-37(27(6)32(45)22-33(29)46)25(4)19-28-13-14-31(44)34(21-28)51-7/h11,15,17,19,24,26-32,34-38,44-45,50H,10,12-14,16,18,20-22H2,1-9H3/b23-17+,25-19+/t24-,26+,27+,28-,29+,30-,31+,32-,34+,35?,36-,37+,38+,42+/m0/s1. The van der Waals surface area contributed by atoms with E-state index in [4.69, 9.17) is 23.7 Å². The summed E-state index contributed by atoms with van der Waals surface area (Å²) in [7, 11) is 4.59. The summed E-state index contributed by atoms with van der Waals surface area (Å²) in [6, 6.07) is -1.23. The van der Waals surface area contributed by atoms with Crippen molar-refractivity contribution in [1.29, 1.82) is 0 Å². The SMILES string of the molecule is CC[C@@H]1/C=C(\C)C[C@H](C)CC(OC)[C@H]2O[C@@](O)(C(=O)C(=O)N3C=CC[C@H]3C(=O)O[C@H](/C(C)=C/[C@@H]3CC[C@@H](O)[C@H](OC)C3)[C@H](C)[C@@H](O)CC1=O)[C@H](C)C[C@@H]2OC. The molecule has 4 rings (SSSR count). The number of nitrogens with zero attached hydrogens (tertiary/aromatic N) is 1. The number of hydrogen-bond donors (Lipinski definition) is 3. The van der Waals surface area contributed by atoms with Gasteiger partial charge < -0.3 is 39.0 Å². The second kappa shape index (κ2) is 19.6. The normalized spacial score (nSPS) is 41.6. The zero-order valence-electron chi connectivity index (χ0n) is 34.1. The summed E-state index contributed by atoms with van der Waals surface area (Å²) in [5.74, 6) is -7.82. The molecule has 14 atom stereocenters. The molecule has 3 heterocycles. The lowest BCUT2D eigenvalue weighted by molar-refractivity contribution is -0.302. The highest BCUT2D eigenvalue weighted by Crippen LogP contribution is 2.39. The number of fused-ring (bicyclic) bond motifs is 3. The van der Waals surface area contributed by atoms with Gasteiger partial charge in [-0.3, -0.25) is 19.3 Å². The molecule has 1 aliphatic carbocycles. The molecule has 3 aliphatic heterocycles. The van der Waals surface area contributed by atoms with Crippen molar-refractivity contribution < 1.29 is 58.2 Å². The minimum absolute atomic E-state index is 0.00977. The van der Waals surface area contributed by atoms with Crippen molar-refractivity contribution >= 4 is 23.4 Å². The summed E-state index contributed by atoms with van der Waals surface area (Å²) < 4.78 is 29.5. The molecule has 55 heavy (non-hydrogen) atoms. The number of esters is 1. The maximum atomic E-state index is 14.1. The predicted octanol–water partition coefficient (Wildman–Crippen LogP) is 4.21. The molecule has 1 saturated heterocycles. The van der Waals surface area contributed by atoms with Gasteiger partial charge in [0.15, 0.2) is 0 Å². The summed E-state index contributed by atoms with van der Waals surface area (Å²) in [5.41, 5.74) is 1.63. The van der Waals surface area contributed by atoms with Crippen LogP contribution in [0.3, 0.4) is 0 Å². The number of methoxy groups -OCH3 is 3. The first-order valence-electron chi connectivity index (χ1n) is 20.0. The molecule has 0 aromatic heterocycles. The highest BCUT2D eigenvalue weighted by atomic mass is 16.7. The molecule has 1 saturated carbocycles. The van der Waals surface area contributed by atoms with Crippen LogP contribution in [0.5, 0.6) is 0 Å². The third kappa shape index (κ3) is 10.4. The second-order valence-corrected chi connectivity index (χ2v) is 16.5. The van der Waals surface area contributed by atoms with Crippen molar-refractivity contribution in [3.63, 3.8) is 0 Å². The lowest BCUT2D eigenvalue weighted by atomic mass is 9.81. The summed E-state index contributed by atoms with van der Waals surface area (Å²) in [5, 5.41) is 33.9. The van der Waals surface area contributed by atoms with Crippen molar-refractivity contribution in [2.45, 2.75) is 154 Å². The number of Topliss-reactive ketones (excluding diaryl/α,β-unsaturated/α-hetero) is 2. The minimum atomic E-state index is -2.53. The van der Waals surface area contributed by atoms with Crippen LogP contribution in [0.4, 0.5) is 0 Å². The maximum absolute atomic E-state index is 14.1. The van der Waals surface area contributed by atoms with Crippen LogP contribution in [0.15, 0.2) is 35.6 Å². The second-order valence-electron chi connectivity index (χ2n) is 16.5. The average molecular weight is 776 g/mol. The maximum Gasteiger partial charge on any atom is 0.330 e. The zero-order valence-corrected chi connectivity index (χ0v) is 34.1. The summed E-state index contributed by atoms with van der Waals surface area (Å²) in [4.78, 5) is 56.8. The highest BCUT2D eigenvalue weighted by molar-refractivity contribution is 6.39. The van der Waals surface area contributed by atoms with E-state index in [1.54, 1.807) is 34.0 Å². The Morgan fingerprint density at radius 2 is 1.60 bits per heavy atom. The van der Waals surface area contributed by atoms with Crippen LogP contribution >= 0.6 is 0 Å². The van der Waals surface area contributed by atoms with Gasteiger partial charge in [-0.1, -0.05) is 51.5 Å². The molecule has 4 aliphatic rings. The van der Waals surface area contributed by atoms with Crippen molar-refractivity contribution in [1.82, 2.24) is 4.90 Å². The van der Waals surface area contributed by atoms with Crippen LogP contribution in [0.1, 0.15) is 99.3 Å². The molecule has 0 aromatic carbocycles. The molecular weight excluding hydrogens is 710 g/mol. The predicted molar refractivity (Wildman–Crippen MR) is 203 cm³/mol. The number of carbonyl (C=O) groups is 4. The topological polar surface area (TPSA) is 178 Å². The molecule has 310 valence electrons. The Labute approximate surface area is 326 Å². The van der Waals surface area contributed by atoms with Crippen molar-refractivity contribution in [3.05, 3.63) is 35.6 Å². The summed E-state index contributed by atoms with van der Waals surface area (Å²) in [6.07, 6.45) is 5.10. The van der Waals surface area contributed by atoms with Gasteiger partial charge in [-0.25, -0.2) is 4.79 Å². The number of ketones is 2. The molecule has 1 amide bonds. The number of amides is 1. The molecule has 13 heteroatoms.